The largest absolute Gasteiger partial charge is 0.384 e. The van der Waals surface area contributed by atoms with Gasteiger partial charge in [-0.25, -0.2) is 0 Å². The van der Waals surface area contributed by atoms with E-state index in [0.717, 1.165) is 0 Å². The monoisotopic (exact) mass is 260 g/mol. The molecule has 2 unspecified atom stereocenters. The minimum Gasteiger partial charge on any atom is -0.384 e. The van der Waals surface area contributed by atoms with E-state index in [1.165, 1.54) is 0 Å². The van der Waals surface area contributed by atoms with Gasteiger partial charge in [-0.05, 0) is 27.2 Å². The zero-order valence-corrected chi connectivity index (χ0v) is 11.8. The van der Waals surface area contributed by atoms with Crippen LogP contribution in [0.5, 0.6) is 0 Å². The van der Waals surface area contributed by atoms with Crippen LogP contribution in [0.15, 0.2) is 6.20 Å². The van der Waals surface area contributed by atoms with E-state index in [-0.39, 0.29) is 6.04 Å². The van der Waals surface area contributed by atoms with Crippen molar-refractivity contribution in [1.29, 1.82) is 0 Å². The molecule has 1 aromatic heterocycles. The molecule has 0 saturated heterocycles. The summed E-state index contributed by atoms with van der Waals surface area (Å²) in [7, 11) is 1.59. The first-order valence-electron chi connectivity index (χ1n) is 5.83. The average Bonchev–Trinajstić information content (AvgIpc) is 2.69. The van der Waals surface area contributed by atoms with E-state index in [0.29, 0.717) is 17.1 Å². The van der Waals surface area contributed by atoms with Gasteiger partial charge in [0.15, 0.2) is 0 Å². The third-order valence-electron chi connectivity index (χ3n) is 3.28. The predicted octanol–water partition coefficient (Wildman–Crippen LogP) is 2.97. The van der Waals surface area contributed by atoms with Crippen molar-refractivity contribution in [2.75, 3.05) is 7.11 Å². The Hall–Kier alpha value is -0.580. The first kappa shape index (κ1) is 14.5. The molecule has 5 heteroatoms. The van der Waals surface area contributed by atoms with Gasteiger partial charge in [-0.3, -0.25) is 4.68 Å². The molecule has 0 amide bonds. The Balaban J connectivity index is 3.19. The van der Waals surface area contributed by atoms with Crippen LogP contribution in [0.3, 0.4) is 0 Å². The summed E-state index contributed by atoms with van der Waals surface area (Å²) in [6.45, 7) is 7.83. The first-order chi connectivity index (χ1) is 7.87. The summed E-state index contributed by atoms with van der Waals surface area (Å²) in [6.07, 6.45) is 1.45. The highest BCUT2D eigenvalue weighted by atomic mass is 35.5. The maximum atomic E-state index is 10.5. The van der Waals surface area contributed by atoms with Gasteiger partial charge in [0.1, 0.15) is 6.10 Å². The molecule has 0 aromatic carbocycles. The molecule has 1 aromatic rings. The lowest BCUT2D eigenvalue weighted by atomic mass is 9.93. The molecule has 0 aliphatic carbocycles. The average molecular weight is 261 g/mol. The summed E-state index contributed by atoms with van der Waals surface area (Å²) in [6, 6.07) is 0.144. The molecule has 17 heavy (non-hydrogen) atoms. The highest BCUT2D eigenvalue weighted by Crippen LogP contribution is 2.36. The molecule has 98 valence electrons. The zero-order valence-electron chi connectivity index (χ0n) is 11.1. The zero-order chi connectivity index (χ0) is 13.2. The molecule has 2 atom stereocenters. The van der Waals surface area contributed by atoms with Crippen LogP contribution in [-0.2, 0) is 4.74 Å². The fourth-order valence-corrected chi connectivity index (χ4v) is 1.99. The van der Waals surface area contributed by atoms with E-state index in [1.807, 2.05) is 27.7 Å². The van der Waals surface area contributed by atoms with E-state index in [9.17, 15) is 5.11 Å². The summed E-state index contributed by atoms with van der Waals surface area (Å²) < 4.78 is 7.15. The Morgan fingerprint density at radius 3 is 2.59 bits per heavy atom. The lowest BCUT2D eigenvalue weighted by Gasteiger charge is -2.33. The summed E-state index contributed by atoms with van der Waals surface area (Å²) in [5, 5.41) is 15.1. The minimum atomic E-state index is -0.796. The van der Waals surface area contributed by atoms with Crippen LogP contribution in [0.25, 0.3) is 0 Å². The lowest BCUT2D eigenvalue weighted by molar-refractivity contribution is -0.0977. The normalized spacial score (nSPS) is 17.2. The van der Waals surface area contributed by atoms with Gasteiger partial charge in [-0.1, -0.05) is 18.5 Å². The smallest absolute Gasteiger partial charge is 0.126 e. The Bertz CT molecular complexity index is 373. The Morgan fingerprint density at radius 1 is 1.59 bits per heavy atom. The number of hydrogen-bond acceptors (Lipinski definition) is 3. The van der Waals surface area contributed by atoms with Crippen molar-refractivity contribution in [3.05, 3.63) is 16.9 Å². The van der Waals surface area contributed by atoms with Crippen molar-refractivity contribution >= 4 is 11.6 Å². The molecular formula is C12H21ClN2O2. The molecule has 0 radical (unpaired) electrons. The summed E-state index contributed by atoms with van der Waals surface area (Å²) >= 11 is 6.10. The number of aliphatic hydroxyl groups excluding tert-OH is 1. The maximum Gasteiger partial charge on any atom is 0.126 e. The van der Waals surface area contributed by atoms with E-state index >= 15 is 0 Å². The van der Waals surface area contributed by atoms with Gasteiger partial charge in [0.25, 0.3) is 0 Å². The molecule has 4 nitrogen and oxygen atoms in total. The van der Waals surface area contributed by atoms with Crippen LogP contribution in [0.4, 0.5) is 0 Å². The molecule has 0 saturated carbocycles. The van der Waals surface area contributed by atoms with Gasteiger partial charge < -0.3 is 9.84 Å². The fourth-order valence-electron chi connectivity index (χ4n) is 1.76. The van der Waals surface area contributed by atoms with Crippen molar-refractivity contribution in [3.63, 3.8) is 0 Å². The van der Waals surface area contributed by atoms with Gasteiger partial charge in [0.2, 0.25) is 0 Å². The minimum absolute atomic E-state index is 0.144. The highest BCUT2D eigenvalue weighted by Gasteiger charge is 2.36. The van der Waals surface area contributed by atoms with E-state index in [2.05, 4.69) is 5.10 Å². The number of methoxy groups -OCH3 is 1. The summed E-state index contributed by atoms with van der Waals surface area (Å²) in [5.41, 5.74) is -0.0380. The highest BCUT2D eigenvalue weighted by molar-refractivity contribution is 6.31. The van der Waals surface area contributed by atoms with Crippen LogP contribution in [0.2, 0.25) is 5.02 Å². The molecule has 0 spiro atoms. The van der Waals surface area contributed by atoms with E-state index in [1.54, 1.807) is 18.0 Å². The molecule has 1 rings (SSSR count). The number of halogens is 1. The number of aliphatic hydroxyl groups is 1. The Morgan fingerprint density at radius 2 is 2.18 bits per heavy atom. The molecule has 1 heterocycles. The molecule has 0 aliphatic heterocycles. The van der Waals surface area contributed by atoms with Crippen molar-refractivity contribution in [1.82, 2.24) is 9.78 Å². The third-order valence-corrected chi connectivity index (χ3v) is 3.57. The molecular weight excluding hydrogens is 240 g/mol. The predicted molar refractivity (Wildman–Crippen MR) is 68.3 cm³/mol. The van der Waals surface area contributed by atoms with Gasteiger partial charge >= 0.3 is 0 Å². The van der Waals surface area contributed by atoms with Crippen LogP contribution >= 0.6 is 11.6 Å². The van der Waals surface area contributed by atoms with Crippen molar-refractivity contribution in [2.24, 2.45) is 0 Å². The fraction of sp³-hybridized carbons (Fsp3) is 0.750. The third kappa shape index (κ3) is 2.64. The van der Waals surface area contributed by atoms with E-state index < -0.39 is 11.7 Å². The molecule has 0 aliphatic rings. The standard InChI is InChI=1S/C12H21ClN2O2/c1-6-12(4,17-5)11(16)10-9(13)7-14-15(10)8(2)3/h7-8,11,16H,6H2,1-5H3. The quantitative estimate of drug-likeness (QED) is 0.885. The lowest BCUT2D eigenvalue weighted by Crippen LogP contribution is -2.36. The van der Waals surface area contributed by atoms with Gasteiger partial charge in [-0.15, -0.1) is 0 Å². The van der Waals surface area contributed by atoms with Crippen LogP contribution in [0.1, 0.15) is 52.0 Å². The second kappa shape index (κ2) is 5.38. The van der Waals surface area contributed by atoms with Crippen LogP contribution in [0, 0.1) is 0 Å². The summed E-state index contributed by atoms with van der Waals surface area (Å²) in [5.74, 6) is 0. The topological polar surface area (TPSA) is 47.3 Å². The van der Waals surface area contributed by atoms with Crippen LogP contribution in [-0.4, -0.2) is 27.6 Å². The van der Waals surface area contributed by atoms with Crippen molar-refractivity contribution < 1.29 is 9.84 Å². The molecule has 0 bridgehead atoms. The number of aromatic nitrogens is 2. The van der Waals surface area contributed by atoms with Gasteiger partial charge in [0.05, 0.1) is 22.5 Å². The Kier molecular flexibility index (Phi) is 4.58. The molecule has 1 N–H and O–H groups in total. The second-order valence-corrected chi connectivity index (χ2v) is 5.10. The second-order valence-electron chi connectivity index (χ2n) is 4.69. The number of ether oxygens (including phenoxy) is 1. The SMILES string of the molecule is CCC(C)(OC)C(O)c1c(Cl)cnn1C(C)C. The molecule has 0 fully saturated rings. The maximum absolute atomic E-state index is 10.5. The first-order valence-corrected chi connectivity index (χ1v) is 6.21. The number of rotatable bonds is 5. The number of nitrogens with zero attached hydrogens (tertiary/aromatic N) is 2. The van der Waals surface area contributed by atoms with Crippen molar-refractivity contribution in [2.45, 2.75) is 51.9 Å². The van der Waals surface area contributed by atoms with Crippen LogP contribution < -0.4 is 0 Å². The Labute approximate surface area is 108 Å². The van der Waals surface area contributed by atoms with Gasteiger partial charge in [-0.2, -0.15) is 5.10 Å². The van der Waals surface area contributed by atoms with Gasteiger partial charge in [0, 0.05) is 13.2 Å². The van der Waals surface area contributed by atoms with Crippen molar-refractivity contribution in [3.8, 4) is 0 Å². The number of hydrogen-bond donors (Lipinski definition) is 1. The van der Waals surface area contributed by atoms with E-state index in [4.69, 9.17) is 16.3 Å². The summed E-state index contributed by atoms with van der Waals surface area (Å²) in [4.78, 5) is 0.